The SMILES string of the molecule is CCCOc1cc(NCCO)ccc1[N+](=O)[O-]. The normalized spacial score (nSPS) is 10.0. The maximum Gasteiger partial charge on any atom is 0.311 e. The highest BCUT2D eigenvalue weighted by atomic mass is 16.6. The van der Waals surface area contributed by atoms with Crippen molar-refractivity contribution in [1.29, 1.82) is 0 Å². The third kappa shape index (κ3) is 3.92. The first-order chi connectivity index (χ1) is 8.19. The fourth-order valence-electron chi connectivity index (χ4n) is 1.30. The molecule has 2 N–H and O–H groups in total. The van der Waals surface area contributed by atoms with Gasteiger partial charge in [-0.15, -0.1) is 0 Å². The molecule has 0 spiro atoms. The van der Waals surface area contributed by atoms with Gasteiger partial charge in [0.25, 0.3) is 0 Å². The number of nitrogens with zero attached hydrogens (tertiary/aromatic N) is 1. The number of ether oxygens (including phenoxy) is 1. The van der Waals surface area contributed by atoms with Crippen molar-refractivity contribution in [2.24, 2.45) is 0 Å². The van der Waals surface area contributed by atoms with Crippen molar-refractivity contribution in [2.45, 2.75) is 13.3 Å². The molecule has 1 aromatic carbocycles. The van der Waals surface area contributed by atoms with Crippen molar-refractivity contribution in [1.82, 2.24) is 0 Å². The van der Waals surface area contributed by atoms with Crippen molar-refractivity contribution >= 4 is 11.4 Å². The molecule has 0 unspecified atom stereocenters. The minimum Gasteiger partial charge on any atom is -0.487 e. The number of aliphatic hydroxyl groups excluding tert-OH is 1. The Hall–Kier alpha value is -1.82. The smallest absolute Gasteiger partial charge is 0.311 e. The zero-order chi connectivity index (χ0) is 12.7. The van der Waals surface area contributed by atoms with E-state index in [1.54, 1.807) is 12.1 Å². The number of anilines is 1. The summed E-state index contributed by atoms with van der Waals surface area (Å²) in [5.41, 5.74) is 0.642. The highest BCUT2D eigenvalue weighted by molar-refractivity contribution is 5.57. The number of aliphatic hydroxyl groups is 1. The van der Waals surface area contributed by atoms with Crippen molar-refractivity contribution in [3.05, 3.63) is 28.3 Å². The number of nitro benzene ring substituents is 1. The van der Waals surface area contributed by atoms with Crippen LogP contribution in [0, 0.1) is 10.1 Å². The summed E-state index contributed by atoms with van der Waals surface area (Å²) in [7, 11) is 0. The van der Waals surface area contributed by atoms with Gasteiger partial charge in [0.05, 0.1) is 18.1 Å². The third-order valence-corrected chi connectivity index (χ3v) is 2.06. The quantitative estimate of drug-likeness (QED) is 0.560. The van der Waals surface area contributed by atoms with Gasteiger partial charge >= 0.3 is 5.69 Å². The fourth-order valence-corrected chi connectivity index (χ4v) is 1.30. The first-order valence-electron chi connectivity index (χ1n) is 5.45. The van der Waals surface area contributed by atoms with Crippen LogP contribution in [0.4, 0.5) is 11.4 Å². The Morgan fingerprint density at radius 1 is 1.53 bits per heavy atom. The van der Waals surface area contributed by atoms with E-state index in [1.807, 2.05) is 6.92 Å². The molecule has 0 heterocycles. The highest BCUT2D eigenvalue weighted by Crippen LogP contribution is 2.30. The van der Waals surface area contributed by atoms with Crippen LogP contribution in [-0.2, 0) is 0 Å². The Bertz CT molecular complexity index is 382. The van der Waals surface area contributed by atoms with Gasteiger partial charge in [0.2, 0.25) is 0 Å². The van der Waals surface area contributed by atoms with Crippen molar-refractivity contribution in [3.8, 4) is 5.75 Å². The van der Waals surface area contributed by atoms with Gasteiger partial charge in [-0.1, -0.05) is 6.92 Å². The fraction of sp³-hybridized carbons (Fsp3) is 0.455. The first kappa shape index (κ1) is 13.2. The zero-order valence-electron chi connectivity index (χ0n) is 9.68. The summed E-state index contributed by atoms with van der Waals surface area (Å²) in [5.74, 6) is 0.250. The number of rotatable bonds is 7. The maximum atomic E-state index is 10.8. The summed E-state index contributed by atoms with van der Waals surface area (Å²) in [6.45, 7) is 2.76. The van der Waals surface area contributed by atoms with E-state index in [-0.39, 0.29) is 18.0 Å². The minimum atomic E-state index is -0.471. The largest absolute Gasteiger partial charge is 0.487 e. The molecule has 0 radical (unpaired) electrons. The van der Waals surface area contributed by atoms with Crippen LogP contribution in [0.2, 0.25) is 0 Å². The van der Waals surface area contributed by atoms with Crippen LogP contribution in [0.25, 0.3) is 0 Å². The Morgan fingerprint density at radius 2 is 2.29 bits per heavy atom. The standard InChI is InChI=1S/C11H16N2O4/c1-2-7-17-11-8-9(12-5-6-14)3-4-10(11)13(15)16/h3-4,8,12,14H,2,5-7H2,1H3. The lowest BCUT2D eigenvalue weighted by Gasteiger charge is -2.09. The predicted octanol–water partition coefficient (Wildman–Crippen LogP) is 1.79. The molecule has 0 bridgehead atoms. The topological polar surface area (TPSA) is 84.6 Å². The summed E-state index contributed by atoms with van der Waals surface area (Å²) in [5, 5.41) is 22.4. The number of benzene rings is 1. The summed E-state index contributed by atoms with van der Waals surface area (Å²) < 4.78 is 5.32. The molecule has 0 amide bonds. The molecule has 0 saturated carbocycles. The summed E-state index contributed by atoms with van der Waals surface area (Å²) in [4.78, 5) is 10.3. The molecule has 0 fully saturated rings. The second-order valence-electron chi connectivity index (χ2n) is 3.44. The van der Waals surface area contributed by atoms with Gasteiger partial charge in [-0.2, -0.15) is 0 Å². The molecule has 0 aliphatic carbocycles. The Balaban J connectivity index is 2.88. The van der Waals surface area contributed by atoms with E-state index in [9.17, 15) is 10.1 Å². The maximum absolute atomic E-state index is 10.8. The molecule has 94 valence electrons. The Labute approximate surface area is 99.4 Å². The summed E-state index contributed by atoms with van der Waals surface area (Å²) in [6, 6.07) is 4.56. The molecule has 0 atom stereocenters. The van der Waals surface area contributed by atoms with E-state index >= 15 is 0 Å². The van der Waals surface area contributed by atoms with Crippen LogP contribution < -0.4 is 10.1 Å². The molecule has 17 heavy (non-hydrogen) atoms. The van der Waals surface area contributed by atoms with Gasteiger partial charge < -0.3 is 15.2 Å². The van der Waals surface area contributed by atoms with Crippen molar-refractivity contribution in [3.63, 3.8) is 0 Å². The van der Waals surface area contributed by atoms with Gasteiger partial charge in [0.1, 0.15) is 0 Å². The average molecular weight is 240 g/mol. The number of nitro groups is 1. The monoisotopic (exact) mass is 240 g/mol. The molecule has 0 aliphatic heterocycles. The molecular weight excluding hydrogens is 224 g/mol. The van der Waals surface area contributed by atoms with Gasteiger partial charge in [-0.05, 0) is 12.5 Å². The van der Waals surface area contributed by atoms with Crippen LogP contribution in [0.5, 0.6) is 5.75 Å². The molecule has 0 aromatic heterocycles. The molecular formula is C11H16N2O4. The lowest BCUT2D eigenvalue weighted by atomic mass is 10.2. The minimum absolute atomic E-state index is 0.00212. The second kappa shape index (κ2) is 6.70. The number of hydrogen-bond donors (Lipinski definition) is 2. The highest BCUT2D eigenvalue weighted by Gasteiger charge is 2.15. The van der Waals surface area contributed by atoms with E-state index in [1.165, 1.54) is 6.07 Å². The van der Waals surface area contributed by atoms with Gasteiger partial charge in [0, 0.05) is 24.4 Å². The molecule has 1 rings (SSSR count). The van der Waals surface area contributed by atoms with E-state index in [0.717, 1.165) is 6.42 Å². The van der Waals surface area contributed by atoms with Crippen molar-refractivity contribution in [2.75, 3.05) is 25.1 Å². The first-order valence-corrected chi connectivity index (χ1v) is 5.45. The van der Waals surface area contributed by atoms with Gasteiger partial charge in [0.15, 0.2) is 5.75 Å². The number of hydrogen-bond acceptors (Lipinski definition) is 5. The van der Waals surface area contributed by atoms with Gasteiger partial charge in [-0.3, -0.25) is 10.1 Å². The zero-order valence-corrected chi connectivity index (χ0v) is 9.68. The molecule has 6 heteroatoms. The number of nitrogens with one attached hydrogen (secondary N) is 1. The van der Waals surface area contributed by atoms with E-state index in [4.69, 9.17) is 9.84 Å². The lowest BCUT2D eigenvalue weighted by molar-refractivity contribution is -0.385. The Morgan fingerprint density at radius 3 is 2.88 bits per heavy atom. The van der Waals surface area contributed by atoms with Crippen LogP contribution in [0.3, 0.4) is 0 Å². The van der Waals surface area contributed by atoms with E-state index in [2.05, 4.69) is 5.32 Å². The van der Waals surface area contributed by atoms with E-state index in [0.29, 0.717) is 18.8 Å². The predicted molar refractivity (Wildman–Crippen MR) is 64.5 cm³/mol. The molecule has 6 nitrogen and oxygen atoms in total. The van der Waals surface area contributed by atoms with Gasteiger partial charge in [-0.25, -0.2) is 0 Å². The van der Waals surface area contributed by atoms with E-state index < -0.39 is 4.92 Å². The van der Waals surface area contributed by atoms with Crippen LogP contribution in [-0.4, -0.2) is 29.8 Å². The Kier molecular flexibility index (Phi) is 5.22. The molecule has 1 aromatic rings. The third-order valence-electron chi connectivity index (χ3n) is 2.06. The lowest BCUT2D eigenvalue weighted by Crippen LogP contribution is -2.06. The van der Waals surface area contributed by atoms with Crippen LogP contribution in [0.15, 0.2) is 18.2 Å². The van der Waals surface area contributed by atoms with Crippen molar-refractivity contribution < 1.29 is 14.8 Å². The second-order valence-corrected chi connectivity index (χ2v) is 3.44. The van der Waals surface area contributed by atoms with Crippen LogP contribution in [0.1, 0.15) is 13.3 Å². The average Bonchev–Trinajstić information content (AvgIpc) is 2.33. The summed E-state index contributed by atoms with van der Waals surface area (Å²) >= 11 is 0. The summed E-state index contributed by atoms with van der Waals surface area (Å²) in [6.07, 6.45) is 0.783. The van der Waals surface area contributed by atoms with Crippen LogP contribution >= 0.6 is 0 Å². The molecule has 0 saturated heterocycles. The molecule has 0 aliphatic rings.